The Morgan fingerprint density at radius 2 is 1.00 bits per heavy atom. The van der Waals surface area contributed by atoms with Crippen LogP contribution in [0, 0.1) is 0 Å². The molecular formula is C18H34BNO6. The lowest BCUT2D eigenvalue weighted by atomic mass is 10.2. The summed E-state index contributed by atoms with van der Waals surface area (Å²) in [6, 6.07) is 0. The molecule has 150 valence electrons. The average Bonchev–Trinajstić information content (AvgIpc) is 2.44. The molecule has 0 aromatic carbocycles. The second-order valence-electron chi connectivity index (χ2n) is 6.45. The monoisotopic (exact) mass is 371 g/mol. The van der Waals surface area contributed by atoms with Crippen LogP contribution in [-0.4, -0.2) is 63.0 Å². The molecule has 0 aromatic rings. The van der Waals surface area contributed by atoms with Crippen molar-refractivity contribution in [2.24, 2.45) is 0 Å². The molecule has 0 bridgehead atoms. The topological polar surface area (TPSA) is 78.9 Å². The van der Waals surface area contributed by atoms with E-state index in [-0.39, 0.29) is 14.8 Å². The van der Waals surface area contributed by atoms with Crippen LogP contribution in [0.2, 0.25) is 0 Å². The third kappa shape index (κ3) is 9.80. The minimum Gasteiger partial charge on any atom is -1.00 e. The molecule has 0 aliphatic heterocycles. The number of esters is 3. The predicted molar refractivity (Wildman–Crippen MR) is 99.0 cm³/mol. The van der Waals surface area contributed by atoms with Gasteiger partial charge < -0.3 is 27.1 Å². The summed E-state index contributed by atoms with van der Waals surface area (Å²) >= 11 is 0. The number of rotatable bonds is 12. The Morgan fingerprint density at radius 1 is 0.692 bits per heavy atom. The normalized spacial score (nSPS) is 11.3. The SMILES string of the molecule is CCC[N+](CCC)(CCC)CCC(OC(C)=O)(OC(C)=O)OC(C)=O.[B-]. The molecule has 0 amide bonds. The zero-order valence-corrected chi connectivity index (χ0v) is 17.1. The highest BCUT2D eigenvalue weighted by molar-refractivity contribution is 5.75. The number of carbonyl (C=O) groups excluding carboxylic acids is 3. The van der Waals surface area contributed by atoms with Crippen LogP contribution in [0.15, 0.2) is 0 Å². The smallest absolute Gasteiger partial charge is 0.429 e. The van der Waals surface area contributed by atoms with Gasteiger partial charge >= 0.3 is 23.9 Å². The van der Waals surface area contributed by atoms with E-state index in [1.165, 1.54) is 20.8 Å². The molecule has 0 saturated heterocycles. The van der Waals surface area contributed by atoms with Crippen molar-refractivity contribution in [3.8, 4) is 0 Å². The van der Waals surface area contributed by atoms with Gasteiger partial charge in [0.2, 0.25) is 0 Å². The molecule has 4 radical (unpaired) electrons. The minimum absolute atomic E-state index is 0. The fraction of sp³-hybridized carbons (Fsp3) is 0.833. The van der Waals surface area contributed by atoms with E-state index >= 15 is 0 Å². The molecule has 7 nitrogen and oxygen atoms in total. The second kappa shape index (κ2) is 12.7. The molecule has 0 aliphatic rings. The van der Waals surface area contributed by atoms with Gasteiger partial charge in [-0.05, 0) is 19.3 Å². The van der Waals surface area contributed by atoms with Crippen molar-refractivity contribution in [1.29, 1.82) is 0 Å². The largest absolute Gasteiger partial charge is 1.00 e. The van der Waals surface area contributed by atoms with Crippen LogP contribution in [-0.2, 0) is 28.6 Å². The Bertz CT molecular complexity index is 397. The van der Waals surface area contributed by atoms with E-state index in [1.807, 2.05) is 0 Å². The lowest BCUT2D eigenvalue weighted by Crippen LogP contribution is -2.54. The Kier molecular flexibility index (Phi) is 13.1. The van der Waals surface area contributed by atoms with Gasteiger partial charge in [-0.15, -0.1) is 0 Å². The highest BCUT2D eigenvalue weighted by Crippen LogP contribution is 2.25. The first-order valence-electron chi connectivity index (χ1n) is 9.08. The lowest BCUT2D eigenvalue weighted by molar-refractivity contribution is -0.929. The van der Waals surface area contributed by atoms with Crippen molar-refractivity contribution >= 4 is 26.3 Å². The molecule has 0 unspecified atom stereocenters. The number of ether oxygens (including phenoxy) is 3. The van der Waals surface area contributed by atoms with Gasteiger partial charge in [0, 0.05) is 20.8 Å². The second-order valence-corrected chi connectivity index (χ2v) is 6.45. The van der Waals surface area contributed by atoms with Crippen LogP contribution >= 0.6 is 0 Å². The van der Waals surface area contributed by atoms with E-state index in [0.717, 1.165) is 43.4 Å². The van der Waals surface area contributed by atoms with Crippen LogP contribution in [0.5, 0.6) is 0 Å². The van der Waals surface area contributed by atoms with Crippen molar-refractivity contribution < 1.29 is 33.1 Å². The maximum absolute atomic E-state index is 11.5. The summed E-state index contributed by atoms with van der Waals surface area (Å²) in [5.74, 6) is -4.03. The molecule has 8 heteroatoms. The third-order valence-electron chi connectivity index (χ3n) is 3.88. The quantitative estimate of drug-likeness (QED) is 0.227. The first-order valence-corrected chi connectivity index (χ1v) is 9.08. The Hall–Kier alpha value is -1.57. The van der Waals surface area contributed by atoms with E-state index in [9.17, 15) is 14.4 Å². The molecule has 0 aromatic heterocycles. The van der Waals surface area contributed by atoms with Gasteiger partial charge in [-0.25, -0.2) is 0 Å². The number of hydrogen-bond acceptors (Lipinski definition) is 6. The summed E-state index contributed by atoms with van der Waals surface area (Å²) in [6.45, 7) is 13.4. The summed E-state index contributed by atoms with van der Waals surface area (Å²) in [7, 11) is 0. The highest BCUT2D eigenvalue weighted by atomic mass is 16.9. The van der Waals surface area contributed by atoms with E-state index < -0.39 is 23.9 Å². The van der Waals surface area contributed by atoms with Crippen LogP contribution < -0.4 is 0 Å². The molecule has 0 N–H and O–H groups in total. The van der Waals surface area contributed by atoms with Gasteiger partial charge in [-0.1, -0.05) is 20.8 Å². The molecule has 0 heterocycles. The molecule has 26 heavy (non-hydrogen) atoms. The Morgan fingerprint density at radius 3 is 1.23 bits per heavy atom. The van der Waals surface area contributed by atoms with Crippen LogP contribution in [0.25, 0.3) is 0 Å². The van der Waals surface area contributed by atoms with Gasteiger partial charge in [0.15, 0.2) is 0 Å². The maximum atomic E-state index is 11.5. The van der Waals surface area contributed by atoms with Gasteiger partial charge in [0.25, 0.3) is 0 Å². The minimum atomic E-state index is -2.00. The zero-order chi connectivity index (χ0) is 19.5. The average molecular weight is 371 g/mol. The molecule has 0 saturated carbocycles. The predicted octanol–water partition coefficient (Wildman–Crippen LogP) is 2.39. The highest BCUT2D eigenvalue weighted by Gasteiger charge is 2.44. The Labute approximate surface area is 159 Å². The summed E-state index contributed by atoms with van der Waals surface area (Å²) in [5, 5.41) is 0. The first kappa shape index (κ1) is 26.7. The molecule has 0 atom stereocenters. The standard InChI is InChI=1S/C18H34NO6.B/c1-7-11-19(12-8-2,13-9-3)14-10-18(23-15(4)20,24-16(5)21)25-17(6)22;/h7-14H2,1-6H3;/q+1;-1. The van der Waals surface area contributed by atoms with Crippen LogP contribution in [0.1, 0.15) is 67.2 Å². The number of hydrogen-bond donors (Lipinski definition) is 0. The van der Waals surface area contributed by atoms with E-state index in [0.29, 0.717) is 6.54 Å². The fourth-order valence-electron chi connectivity index (χ4n) is 3.34. The van der Waals surface area contributed by atoms with E-state index in [4.69, 9.17) is 14.2 Å². The maximum Gasteiger partial charge on any atom is 0.429 e. The van der Waals surface area contributed by atoms with Crippen LogP contribution in [0.3, 0.4) is 0 Å². The number of quaternary nitrogens is 1. The van der Waals surface area contributed by atoms with Gasteiger partial charge in [0.05, 0.1) is 26.2 Å². The summed E-state index contributed by atoms with van der Waals surface area (Å²) in [6.07, 6.45) is 3.11. The van der Waals surface area contributed by atoms with Crippen molar-refractivity contribution in [3.63, 3.8) is 0 Å². The van der Waals surface area contributed by atoms with E-state index in [2.05, 4.69) is 20.8 Å². The van der Waals surface area contributed by atoms with Gasteiger partial charge in [-0.3, -0.25) is 14.4 Å². The number of nitrogens with zero attached hydrogens (tertiary/aromatic N) is 1. The molecule has 0 fully saturated rings. The summed E-state index contributed by atoms with van der Waals surface area (Å²) < 4.78 is 16.3. The van der Waals surface area contributed by atoms with Crippen molar-refractivity contribution in [3.05, 3.63) is 0 Å². The van der Waals surface area contributed by atoms with Crippen molar-refractivity contribution in [2.45, 2.75) is 73.2 Å². The van der Waals surface area contributed by atoms with Gasteiger partial charge in [-0.2, -0.15) is 0 Å². The summed E-state index contributed by atoms with van der Waals surface area (Å²) in [4.78, 5) is 34.5. The Balaban J connectivity index is 0. The first-order chi connectivity index (χ1) is 11.6. The molecule has 0 rings (SSSR count). The summed E-state index contributed by atoms with van der Waals surface area (Å²) in [5.41, 5.74) is 0. The van der Waals surface area contributed by atoms with Crippen molar-refractivity contribution in [1.82, 2.24) is 0 Å². The number of carbonyl (C=O) groups is 3. The zero-order valence-electron chi connectivity index (χ0n) is 17.1. The molecule has 0 spiro atoms. The van der Waals surface area contributed by atoms with Crippen LogP contribution in [0.4, 0.5) is 0 Å². The fourth-order valence-corrected chi connectivity index (χ4v) is 3.34. The molecule has 0 aliphatic carbocycles. The van der Waals surface area contributed by atoms with Gasteiger partial charge in [0.1, 0.15) is 6.42 Å². The molecular weight excluding hydrogens is 337 g/mol. The van der Waals surface area contributed by atoms with Crippen molar-refractivity contribution in [2.75, 3.05) is 26.2 Å². The third-order valence-corrected chi connectivity index (χ3v) is 3.88. The van der Waals surface area contributed by atoms with E-state index in [1.54, 1.807) is 0 Å². The lowest BCUT2D eigenvalue weighted by Gasteiger charge is -2.40.